The lowest BCUT2D eigenvalue weighted by Gasteiger charge is -2.30. The first-order valence-corrected chi connectivity index (χ1v) is 8.46. The zero-order valence-corrected chi connectivity index (χ0v) is 11.3. The van der Waals surface area contributed by atoms with Gasteiger partial charge in [0.05, 0.1) is 0 Å². The number of hydrogen-bond donors (Lipinski definition) is 0. The van der Waals surface area contributed by atoms with Crippen LogP contribution in [-0.2, 0) is 4.43 Å². The maximum absolute atomic E-state index is 5.95. The van der Waals surface area contributed by atoms with Gasteiger partial charge in [0.2, 0.25) is 0 Å². The predicted molar refractivity (Wildman–Crippen MR) is 65.8 cm³/mol. The van der Waals surface area contributed by atoms with Gasteiger partial charge in [-0.05, 0) is 31.0 Å². The van der Waals surface area contributed by atoms with Gasteiger partial charge in [-0.15, -0.1) is 12.3 Å². The molecule has 0 bridgehead atoms. The molecule has 2 heteroatoms. The number of unbranched alkanes of at least 4 members (excludes halogenated alkanes) is 1. The minimum atomic E-state index is -1.46. The number of rotatable bonds is 5. The van der Waals surface area contributed by atoms with Gasteiger partial charge in [0.1, 0.15) is 0 Å². The Morgan fingerprint density at radius 2 is 1.86 bits per heavy atom. The molecule has 82 valence electrons. The standard InChI is InChI=1S/C12H24OSi/c1-7-8-9-10-13-14(5,6)11-12(2,3)4/h1H,8-11H2,2-6H3. The molecular weight excluding hydrogens is 188 g/mol. The molecule has 0 spiro atoms. The van der Waals surface area contributed by atoms with Crippen LogP contribution in [0, 0.1) is 17.8 Å². The van der Waals surface area contributed by atoms with Crippen LogP contribution < -0.4 is 0 Å². The first-order valence-electron chi connectivity index (χ1n) is 5.34. The molecule has 0 unspecified atom stereocenters. The second kappa shape index (κ2) is 5.58. The van der Waals surface area contributed by atoms with Crippen LogP contribution in [0.2, 0.25) is 19.1 Å². The third kappa shape index (κ3) is 8.34. The largest absolute Gasteiger partial charge is 0.417 e. The van der Waals surface area contributed by atoms with E-state index in [0.717, 1.165) is 19.4 Å². The van der Waals surface area contributed by atoms with Crippen molar-refractivity contribution in [1.82, 2.24) is 0 Å². The molecule has 14 heavy (non-hydrogen) atoms. The maximum atomic E-state index is 5.95. The fourth-order valence-electron chi connectivity index (χ4n) is 1.85. The topological polar surface area (TPSA) is 9.23 Å². The van der Waals surface area contributed by atoms with Crippen molar-refractivity contribution in [2.24, 2.45) is 5.41 Å². The minimum Gasteiger partial charge on any atom is -0.417 e. The highest BCUT2D eigenvalue weighted by Crippen LogP contribution is 2.28. The Morgan fingerprint density at radius 3 is 2.29 bits per heavy atom. The fourth-order valence-corrected chi connectivity index (χ4v) is 5.20. The maximum Gasteiger partial charge on any atom is 0.187 e. The molecule has 0 aromatic carbocycles. The Bertz CT molecular complexity index is 195. The average molecular weight is 212 g/mol. The molecule has 0 saturated carbocycles. The van der Waals surface area contributed by atoms with E-state index < -0.39 is 8.32 Å². The van der Waals surface area contributed by atoms with Gasteiger partial charge in [0, 0.05) is 13.0 Å². The lowest BCUT2D eigenvalue weighted by Crippen LogP contribution is -2.35. The summed E-state index contributed by atoms with van der Waals surface area (Å²) >= 11 is 0. The average Bonchev–Trinajstić information content (AvgIpc) is 1.93. The molecule has 0 rings (SSSR count). The molecule has 0 aromatic heterocycles. The molecule has 1 nitrogen and oxygen atoms in total. The zero-order chi connectivity index (χ0) is 11.2. The Hall–Kier alpha value is -0.263. The fraction of sp³-hybridized carbons (Fsp3) is 0.833. The van der Waals surface area contributed by atoms with E-state index >= 15 is 0 Å². The summed E-state index contributed by atoms with van der Waals surface area (Å²) in [4.78, 5) is 0. The molecule has 0 amide bonds. The lowest BCUT2D eigenvalue weighted by atomic mass is 10.0. The highest BCUT2D eigenvalue weighted by molar-refractivity contribution is 6.71. The van der Waals surface area contributed by atoms with Crippen molar-refractivity contribution in [2.75, 3.05) is 6.61 Å². The molecule has 0 radical (unpaired) electrons. The molecule has 0 fully saturated rings. The molecule has 0 aliphatic carbocycles. The van der Waals surface area contributed by atoms with Gasteiger partial charge in [0.15, 0.2) is 8.32 Å². The smallest absolute Gasteiger partial charge is 0.187 e. The molecule has 0 aromatic rings. The van der Waals surface area contributed by atoms with E-state index in [1.165, 1.54) is 6.04 Å². The summed E-state index contributed by atoms with van der Waals surface area (Å²) < 4.78 is 5.95. The summed E-state index contributed by atoms with van der Waals surface area (Å²) in [7, 11) is -1.46. The van der Waals surface area contributed by atoms with Crippen molar-refractivity contribution in [3.05, 3.63) is 0 Å². The quantitative estimate of drug-likeness (QED) is 0.384. The van der Waals surface area contributed by atoms with E-state index in [4.69, 9.17) is 10.8 Å². The summed E-state index contributed by atoms with van der Waals surface area (Å²) in [6.45, 7) is 12.2. The van der Waals surface area contributed by atoms with Crippen molar-refractivity contribution in [3.8, 4) is 12.3 Å². The second-order valence-corrected chi connectivity index (χ2v) is 9.81. The Balaban J connectivity index is 3.79. The van der Waals surface area contributed by atoms with Gasteiger partial charge >= 0.3 is 0 Å². The summed E-state index contributed by atoms with van der Waals surface area (Å²) in [6.07, 6.45) is 7.02. The summed E-state index contributed by atoms with van der Waals surface area (Å²) in [5.74, 6) is 2.64. The van der Waals surface area contributed by atoms with E-state index in [-0.39, 0.29) is 0 Å². The third-order valence-electron chi connectivity index (χ3n) is 1.91. The Kier molecular flexibility index (Phi) is 5.47. The van der Waals surface area contributed by atoms with Crippen molar-refractivity contribution < 1.29 is 4.43 Å². The monoisotopic (exact) mass is 212 g/mol. The highest BCUT2D eigenvalue weighted by atomic mass is 28.4. The van der Waals surface area contributed by atoms with Gasteiger partial charge in [-0.25, -0.2) is 0 Å². The van der Waals surface area contributed by atoms with E-state index in [2.05, 4.69) is 39.8 Å². The second-order valence-electron chi connectivity index (χ2n) is 5.65. The lowest BCUT2D eigenvalue weighted by molar-refractivity contribution is 0.288. The van der Waals surface area contributed by atoms with E-state index in [1.807, 2.05) is 0 Å². The Labute approximate surface area is 90.4 Å². The van der Waals surface area contributed by atoms with Gasteiger partial charge in [0.25, 0.3) is 0 Å². The normalized spacial score (nSPS) is 12.6. The molecule has 0 saturated heterocycles. The van der Waals surface area contributed by atoms with Crippen LogP contribution in [0.4, 0.5) is 0 Å². The third-order valence-corrected chi connectivity index (χ3v) is 4.81. The number of hydrogen-bond acceptors (Lipinski definition) is 1. The zero-order valence-electron chi connectivity index (χ0n) is 10.3. The summed E-state index contributed by atoms with van der Waals surface area (Å²) in [5, 5.41) is 0. The molecule has 0 heterocycles. The van der Waals surface area contributed by atoms with E-state index in [0.29, 0.717) is 5.41 Å². The Morgan fingerprint density at radius 1 is 1.29 bits per heavy atom. The predicted octanol–water partition coefficient (Wildman–Crippen LogP) is 3.67. The molecular formula is C12H24OSi. The van der Waals surface area contributed by atoms with Crippen LogP contribution in [0.1, 0.15) is 33.6 Å². The van der Waals surface area contributed by atoms with Crippen LogP contribution >= 0.6 is 0 Å². The molecule has 0 aliphatic rings. The first kappa shape index (κ1) is 13.7. The number of terminal acetylenes is 1. The minimum absolute atomic E-state index is 0.377. The van der Waals surface area contributed by atoms with Crippen LogP contribution in [-0.4, -0.2) is 14.9 Å². The molecule has 0 N–H and O–H groups in total. The van der Waals surface area contributed by atoms with Crippen LogP contribution in [0.25, 0.3) is 0 Å². The van der Waals surface area contributed by atoms with E-state index in [1.54, 1.807) is 0 Å². The van der Waals surface area contributed by atoms with Gasteiger partial charge < -0.3 is 4.43 Å². The highest BCUT2D eigenvalue weighted by Gasteiger charge is 2.28. The van der Waals surface area contributed by atoms with Crippen molar-refractivity contribution >= 4 is 8.32 Å². The van der Waals surface area contributed by atoms with Crippen molar-refractivity contribution in [3.63, 3.8) is 0 Å². The first-order chi connectivity index (χ1) is 6.27. The SMILES string of the molecule is C#CCCCO[Si](C)(C)CC(C)(C)C. The van der Waals surface area contributed by atoms with Crippen molar-refractivity contribution in [1.29, 1.82) is 0 Å². The molecule has 0 aliphatic heterocycles. The van der Waals surface area contributed by atoms with Crippen LogP contribution in [0.3, 0.4) is 0 Å². The van der Waals surface area contributed by atoms with Gasteiger partial charge in [-0.3, -0.25) is 0 Å². The van der Waals surface area contributed by atoms with Crippen LogP contribution in [0.5, 0.6) is 0 Å². The molecule has 0 atom stereocenters. The van der Waals surface area contributed by atoms with Crippen LogP contribution in [0.15, 0.2) is 0 Å². The van der Waals surface area contributed by atoms with E-state index in [9.17, 15) is 0 Å². The van der Waals surface area contributed by atoms with Gasteiger partial charge in [-0.1, -0.05) is 20.8 Å². The summed E-state index contributed by atoms with van der Waals surface area (Å²) in [6, 6.07) is 1.20. The summed E-state index contributed by atoms with van der Waals surface area (Å²) in [5.41, 5.74) is 0.377. The van der Waals surface area contributed by atoms with Crippen molar-refractivity contribution in [2.45, 2.75) is 52.8 Å². The van der Waals surface area contributed by atoms with Gasteiger partial charge in [-0.2, -0.15) is 0 Å².